The van der Waals surface area contributed by atoms with Crippen molar-refractivity contribution in [3.05, 3.63) is 27.5 Å². The molecule has 0 aliphatic heterocycles. The van der Waals surface area contributed by atoms with Crippen LogP contribution in [0.15, 0.2) is 12.1 Å². The van der Waals surface area contributed by atoms with E-state index in [2.05, 4.69) is 5.32 Å². The second-order valence-corrected chi connectivity index (χ2v) is 5.04. The third kappa shape index (κ3) is 4.03. The second-order valence-electron chi connectivity index (χ2n) is 3.96. The highest BCUT2D eigenvalue weighted by molar-refractivity contribution is 7.15. The number of carboxylic acids is 1. The lowest BCUT2D eigenvalue weighted by Crippen LogP contribution is -2.29. The first-order chi connectivity index (χ1) is 7.90. The SMILES string of the molecule is Cc1cc(C(=O)NC(C)C)sc1C=CC(=O)O. The van der Waals surface area contributed by atoms with Crippen LogP contribution in [0.3, 0.4) is 0 Å². The standard InChI is InChI=1S/C12H15NO3S/c1-7(2)13-12(16)10-6-8(3)9(17-10)4-5-11(14)15/h4-7H,1-3H3,(H,13,16)(H,14,15). The highest BCUT2D eigenvalue weighted by Gasteiger charge is 2.11. The van der Waals surface area contributed by atoms with Crippen molar-refractivity contribution >= 4 is 29.3 Å². The number of hydrogen-bond acceptors (Lipinski definition) is 3. The summed E-state index contributed by atoms with van der Waals surface area (Å²) in [6.45, 7) is 5.64. The number of carbonyl (C=O) groups excluding carboxylic acids is 1. The van der Waals surface area contributed by atoms with Crippen molar-refractivity contribution in [3.8, 4) is 0 Å². The van der Waals surface area contributed by atoms with E-state index in [1.54, 1.807) is 6.07 Å². The van der Waals surface area contributed by atoms with Crippen LogP contribution in [0, 0.1) is 6.92 Å². The van der Waals surface area contributed by atoms with E-state index in [-0.39, 0.29) is 11.9 Å². The van der Waals surface area contributed by atoms with Crippen molar-refractivity contribution in [2.24, 2.45) is 0 Å². The Morgan fingerprint density at radius 3 is 2.65 bits per heavy atom. The lowest BCUT2D eigenvalue weighted by Gasteiger charge is -2.05. The Labute approximate surface area is 104 Å². The zero-order valence-corrected chi connectivity index (χ0v) is 10.8. The Morgan fingerprint density at radius 2 is 2.12 bits per heavy atom. The number of rotatable bonds is 4. The monoisotopic (exact) mass is 253 g/mol. The molecule has 0 bridgehead atoms. The minimum atomic E-state index is -0.994. The molecule has 5 heteroatoms. The van der Waals surface area contributed by atoms with E-state index < -0.39 is 5.97 Å². The molecule has 0 saturated heterocycles. The average Bonchev–Trinajstić information content (AvgIpc) is 2.56. The van der Waals surface area contributed by atoms with Crippen LogP contribution >= 0.6 is 11.3 Å². The first kappa shape index (κ1) is 13.4. The number of carboxylic acid groups (broad SMARTS) is 1. The molecule has 0 radical (unpaired) electrons. The molecule has 0 fully saturated rings. The quantitative estimate of drug-likeness (QED) is 0.809. The van der Waals surface area contributed by atoms with Crippen molar-refractivity contribution in [2.45, 2.75) is 26.8 Å². The van der Waals surface area contributed by atoms with E-state index >= 15 is 0 Å². The van der Waals surface area contributed by atoms with Crippen LogP contribution < -0.4 is 5.32 Å². The van der Waals surface area contributed by atoms with Gasteiger partial charge >= 0.3 is 5.97 Å². The predicted octanol–water partition coefficient (Wildman–Crippen LogP) is 2.29. The molecule has 0 saturated carbocycles. The van der Waals surface area contributed by atoms with Gasteiger partial charge in [-0.25, -0.2) is 4.79 Å². The van der Waals surface area contributed by atoms with Gasteiger partial charge in [-0.3, -0.25) is 4.79 Å². The van der Waals surface area contributed by atoms with Gasteiger partial charge in [-0.2, -0.15) is 0 Å². The van der Waals surface area contributed by atoms with Crippen LogP contribution in [0.5, 0.6) is 0 Å². The summed E-state index contributed by atoms with van der Waals surface area (Å²) in [5.74, 6) is -1.12. The number of nitrogens with one attached hydrogen (secondary N) is 1. The summed E-state index contributed by atoms with van der Waals surface area (Å²) in [7, 11) is 0. The van der Waals surface area contributed by atoms with E-state index in [1.165, 1.54) is 17.4 Å². The molecule has 1 heterocycles. The second kappa shape index (κ2) is 5.63. The summed E-state index contributed by atoms with van der Waals surface area (Å²) in [5, 5.41) is 11.3. The van der Waals surface area contributed by atoms with Crippen molar-refractivity contribution in [3.63, 3.8) is 0 Å². The van der Waals surface area contributed by atoms with E-state index in [9.17, 15) is 9.59 Å². The molecule has 0 aliphatic carbocycles. The lowest BCUT2D eigenvalue weighted by molar-refractivity contribution is -0.131. The first-order valence-electron chi connectivity index (χ1n) is 5.22. The highest BCUT2D eigenvalue weighted by atomic mass is 32.1. The molecule has 0 aromatic carbocycles. The van der Waals surface area contributed by atoms with E-state index in [1.807, 2.05) is 20.8 Å². The summed E-state index contributed by atoms with van der Waals surface area (Å²) in [6.07, 6.45) is 2.58. The van der Waals surface area contributed by atoms with Gasteiger partial charge in [-0.15, -0.1) is 11.3 Å². The normalized spacial score (nSPS) is 11.1. The van der Waals surface area contributed by atoms with Gasteiger partial charge in [-0.1, -0.05) is 0 Å². The fraction of sp³-hybridized carbons (Fsp3) is 0.333. The van der Waals surface area contributed by atoms with Gasteiger partial charge in [0.15, 0.2) is 0 Å². The molecule has 1 rings (SSSR count). The minimum absolute atomic E-state index is 0.0860. The maximum atomic E-state index is 11.7. The Kier molecular flexibility index (Phi) is 4.45. The van der Waals surface area contributed by atoms with Gasteiger partial charge in [0.2, 0.25) is 0 Å². The summed E-state index contributed by atoms with van der Waals surface area (Å²) in [6, 6.07) is 1.85. The molecule has 1 aromatic rings. The smallest absolute Gasteiger partial charge is 0.328 e. The van der Waals surface area contributed by atoms with Gasteiger partial charge in [0, 0.05) is 17.0 Å². The van der Waals surface area contributed by atoms with Crippen LogP contribution in [0.1, 0.15) is 34.0 Å². The molecule has 1 amide bonds. The van der Waals surface area contributed by atoms with E-state index in [4.69, 9.17) is 5.11 Å². The lowest BCUT2D eigenvalue weighted by atomic mass is 10.2. The Balaban J connectivity index is 2.88. The number of amides is 1. The van der Waals surface area contributed by atoms with Gasteiger partial charge < -0.3 is 10.4 Å². The fourth-order valence-corrected chi connectivity index (χ4v) is 2.23. The molecule has 0 spiro atoms. The largest absolute Gasteiger partial charge is 0.478 e. The molecular weight excluding hydrogens is 238 g/mol. The number of aliphatic carboxylic acids is 1. The summed E-state index contributed by atoms with van der Waals surface area (Å²) in [5.41, 5.74) is 0.904. The summed E-state index contributed by atoms with van der Waals surface area (Å²) < 4.78 is 0. The summed E-state index contributed by atoms with van der Waals surface area (Å²) >= 11 is 1.29. The molecule has 1 aromatic heterocycles. The van der Waals surface area contributed by atoms with Gasteiger partial charge in [0.05, 0.1) is 4.88 Å². The van der Waals surface area contributed by atoms with Crippen molar-refractivity contribution in [2.75, 3.05) is 0 Å². The van der Waals surface area contributed by atoms with Crippen LogP contribution in [0.4, 0.5) is 0 Å². The van der Waals surface area contributed by atoms with Crippen molar-refractivity contribution in [1.29, 1.82) is 0 Å². The number of carbonyl (C=O) groups is 2. The Hall–Kier alpha value is -1.62. The van der Waals surface area contributed by atoms with Crippen molar-refractivity contribution < 1.29 is 14.7 Å². The zero-order chi connectivity index (χ0) is 13.0. The van der Waals surface area contributed by atoms with Gasteiger partial charge in [0.1, 0.15) is 0 Å². The maximum absolute atomic E-state index is 11.7. The molecule has 4 nitrogen and oxygen atoms in total. The molecule has 2 N–H and O–H groups in total. The molecule has 0 aliphatic rings. The first-order valence-corrected chi connectivity index (χ1v) is 6.04. The Bertz CT molecular complexity index is 460. The fourth-order valence-electron chi connectivity index (χ4n) is 1.25. The molecule has 0 unspecified atom stereocenters. The maximum Gasteiger partial charge on any atom is 0.328 e. The third-order valence-electron chi connectivity index (χ3n) is 1.98. The average molecular weight is 253 g/mol. The number of aryl methyl sites for hydroxylation is 1. The third-order valence-corrected chi connectivity index (χ3v) is 3.18. The van der Waals surface area contributed by atoms with E-state index in [0.29, 0.717) is 4.88 Å². The van der Waals surface area contributed by atoms with Crippen molar-refractivity contribution in [1.82, 2.24) is 5.32 Å². The van der Waals surface area contributed by atoms with Crippen LogP contribution in [-0.4, -0.2) is 23.0 Å². The van der Waals surface area contributed by atoms with E-state index in [0.717, 1.165) is 16.5 Å². The highest BCUT2D eigenvalue weighted by Crippen LogP contribution is 2.23. The van der Waals surface area contributed by atoms with Gasteiger partial charge in [-0.05, 0) is 38.5 Å². The van der Waals surface area contributed by atoms with Crippen LogP contribution in [0.25, 0.3) is 6.08 Å². The van der Waals surface area contributed by atoms with Crippen LogP contribution in [-0.2, 0) is 4.79 Å². The number of thiophene rings is 1. The summed E-state index contributed by atoms with van der Waals surface area (Å²) in [4.78, 5) is 23.5. The minimum Gasteiger partial charge on any atom is -0.478 e. The predicted molar refractivity (Wildman–Crippen MR) is 68.3 cm³/mol. The van der Waals surface area contributed by atoms with Gasteiger partial charge in [0.25, 0.3) is 5.91 Å². The number of hydrogen-bond donors (Lipinski definition) is 2. The topological polar surface area (TPSA) is 66.4 Å². The molecule has 92 valence electrons. The zero-order valence-electron chi connectivity index (χ0n) is 9.98. The van der Waals surface area contributed by atoms with Crippen LogP contribution in [0.2, 0.25) is 0 Å². The molecular formula is C12H15NO3S. The molecule has 17 heavy (non-hydrogen) atoms. The Morgan fingerprint density at radius 1 is 1.47 bits per heavy atom. The molecule has 0 atom stereocenters.